The second-order valence-corrected chi connectivity index (χ2v) is 12.2. The lowest BCUT2D eigenvalue weighted by Crippen LogP contribution is -2.24. The second kappa shape index (κ2) is 9.82. The molecule has 0 aromatic heterocycles. The summed E-state index contributed by atoms with van der Waals surface area (Å²) in [5, 5.41) is 16.1. The fraction of sp³-hybridized carbons (Fsp3) is 0.0714. The van der Waals surface area contributed by atoms with E-state index in [4.69, 9.17) is 0 Å². The highest BCUT2D eigenvalue weighted by Crippen LogP contribution is 2.42. The lowest BCUT2D eigenvalue weighted by molar-refractivity contribution is 0.0978. The average molecular weight is 595 g/mol. The van der Waals surface area contributed by atoms with E-state index in [-0.39, 0.29) is 45.0 Å². The fourth-order valence-electron chi connectivity index (χ4n) is 4.69. The lowest BCUT2D eigenvalue weighted by Gasteiger charge is -2.25. The number of carbonyl (C=O) groups is 2. The van der Waals surface area contributed by atoms with Gasteiger partial charge in [-0.05, 0) is 67.4 Å². The number of aromatic hydroxyl groups is 1. The zero-order valence-corrected chi connectivity index (χ0v) is 23.1. The molecule has 4 aromatic carbocycles. The van der Waals surface area contributed by atoms with Gasteiger partial charge in [0.1, 0.15) is 15.5 Å². The fourth-order valence-corrected chi connectivity index (χ4v) is 6.16. The van der Waals surface area contributed by atoms with E-state index >= 15 is 0 Å². The number of carbonyl (C=O) groups excluding carboxylic acids is 2. The third kappa shape index (κ3) is 5.07. The van der Waals surface area contributed by atoms with Crippen molar-refractivity contribution >= 4 is 54.6 Å². The number of anilines is 4. The molecule has 210 valence electrons. The van der Waals surface area contributed by atoms with E-state index in [1.807, 2.05) is 0 Å². The van der Waals surface area contributed by atoms with Crippen molar-refractivity contribution in [3.63, 3.8) is 0 Å². The Balaban J connectivity index is 1.75. The minimum atomic E-state index is -4.70. The first kappa shape index (κ1) is 28.0. The Hall–Kier alpha value is -4.56. The molecule has 0 amide bonds. The number of hydrogen-bond donors (Lipinski definition) is 5. The topological polar surface area (TPSA) is 187 Å². The summed E-state index contributed by atoms with van der Waals surface area (Å²) >= 11 is 0. The van der Waals surface area contributed by atoms with Crippen molar-refractivity contribution in [3.8, 4) is 5.75 Å². The van der Waals surface area contributed by atoms with Crippen molar-refractivity contribution in [2.24, 2.45) is 0 Å². The van der Waals surface area contributed by atoms with E-state index in [0.717, 1.165) is 0 Å². The average Bonchev–Trinajstić information content (AvgIpc) is 2.88. The molecule has 5 rings (SSSR count). The van der Waals surface area contributed by atoms with Crippen molar-refractivity contribution in [1.82, 2.24) is 0 Å². The molecule has 0 unspecified atom stereocenters. The van der Waals surface area contributed by atoms with Crippen LogP contribution in [0.2, 0.25) is 0 Å². The summed E-state index contributed by atoms with van der Waals surface area (Å²) in [7, 11) is -9.38. The Morgan fingerprint density at radius 1 is 0.585 bits per heavy atom. The van der Waals surface area contributed by atoms with Gasteiger partial charge in [0.2, 0.25) is 0 Å². The van der Waals surface area contributed by atoms with Gasteiger partial charge in [-0.25, -0.2) is 0 Å². The Morgan fingerprint density at radius 3 is 1.49 bits per heavy atom. The number of nitrogens with one attached hydrogen (secondary N) is 2. The van der Waals surface area contributed by atoms with Crippen molar-refractivity contribution in [1.29, 1.82) is 0 Å². The normalized spacial score (nSPS) is 13.0. The maximum absolute atomic E-state index is 13.8. The predicted molar refractivity (Wildman–Crippen MR) is 150 cm³/mol. The summed E-state index contributed by atoms with van der Waals surface area (Å²) in [4.78, 5) is 26.7. The van der Waals surface area contributed by atoms with Gasteiger partial charge in [0.25, 0.3) is 20.2 Å². The minimum Gasteiger partial charge on any atom is -0.507 e. The van der Waals surface area contributed by atoms with Crippen LogP contribution >= 0.6 is 0 Å². The van der Waals surface area contributed by atoms with E-state index in [2.05, 4.69) is 10.6 Å². The van der Waals surface area contributed by atoms with Crippen molar-refractivity contribution in [2.45, 2.75) is 23.6 Å². The molecule has 5 N–H and O–H groups in total. The van der Waals surface area contributed by atoms with E-state index in [9.17, 15) is 40.6 Å². The quantitative estimate of drug-likeness (QED) is 0.170. The van der Waals surface area contributed by atoms with Gasteiger partial charge in [0, 0.05) is 5.56 Å². The summed E-state index contributed by atoms with van der Waals surface area (Å²) in [5.74, 6) is -1.90. The highest BCUT2D eigenvalue weighted by atomic mass is 32.2. The maximum Gasteiger partial charge on any atom is 0.296 e. The smallest absolute Gasteiger partial charge is 0.296 e. The van der Waals surface area contributed by atoms with Crippen LogP contribution in [0.25, 0.3) is 0 Å². The third-order valence-electron chi connectivity index (χ3n) is 6.54. The van der Waals surface area contributed by atoms with Crippen LogP contribution in [0.1, 0.15) is 43.0 Å². The molecule has 0 saturated heterocycles. The first-order chi connectivity index (χ1) is 19.2. The number of phenolic OH excluding ortho intramolecular Hbond substituents is 1. The molecule has 0 saturated carbocycles. The van der Waals surface area contributed by atoms with Crippen molar-refractivity contribution < 1.29 is 40.6 Å². The van der Waals surface area contributed by atoms with Gasteiger partial charge in [-0.1, -0.05) is 24.3 Å². The highest BCUT2D eigenvalue weighted by molar-refractivity contribution is 7.86. The minimum absolute atomic E-state index is 0.00514. The van der Waals surface area contributed by atoms with Crippen LogP contribution in [-0.2, 0) is 20.2 Å². The predicted octanol–water partition coefficient (Wildman–Crippen LogP) is 4.77. The van der Waals surface area contributed by atoms with E-state index in [1.165, 1.54) is 54.6 Å². The zero-order chi connectivity index (χ0) is 29.9. The highest BCUT2D eigenvalue weighted by Gasteiger charge is 2.36. The number of rotatable bonds is 6. The third-order valence-corrected chi connectivity index (χ3v) is 8.33. The number of benzene rings is 4. The molecule has 1 aliphatic carbocycles. The first-order valence-corrected chi connectivity index (χ1v) is 14.8. The maximum atomic E-state index is 13.8. The van der Waals surface area contributed by atoms with Crippen LogP contribution < -0.4 is 10.6 Å². The largest absolute Gasteiger partial charge is 0.507 e. The molecule has 0 radical (unpaired) electrons. The van der Waals surface area contributed by atoms with Gasteiger partial charge in [-0.3, -0.25) is 18.7 Å². The van der Waals surface area contributed by atoms with Gasteiger partial charge >= 0.3 is 0 Å². The molecule has 41 heavy (non-hydrogen) atoms. The molecule has 0 atom stereocenters. The molecule has 0 heterocycles. The summed E-state index contributed by atoms with van der Waals surface area (Å²) < 4.78 is 67.9. The van der Waals surface area contributed by atoms with E-state index < -0.39 is 47.3 Å². The molecule has 13 heteroatoms. The van der Waals surface area contributed by atoms with Crippen LogP contribution in [0.4, 0.5) is 22.7 Å². The molecule has 4 aromatic rings. The molecular formula is C28H22N2O9S2. The summed E-state index contributed by atoms with van der Waals surface area (Å²) in [6.45, 7) is 3.24. The number of hydrogen-bond acceptors (Lipinski definition) is 9. The molecular weight excluding hydrogens is 572 g/mol. The van der Waals surface area contributed by atoms with Gasteiger partial charge in [0.15, 0.2) is 11.6 Å². The Bertz CT molecular complexity index is 2020. The summed E-state index contributed by atoms with van der Waals surface area (Å²) in [6.07, 6.45) is 0. The van der Waals surface area contributed by atoms with Crippen LogP contribution in [0.3, 0.4) is 0 Å². The lowest BCUT2D eigenvalue weighted by atomic mass is 9.81. The number of fused-ring (bicyclic) bond motifs is 2. The van der Waals surface area contributed by atoms with Crippen LogP contribution in [0.15, 0.2) is 76.5 Å². The van der Waals surface area contributed by atoms with Crippen LogP contribution in [0.5, 0.6) is 5.75 Å². The molecule has 1 aliphatic rings. The van der Waals surface area contributed by atoms with Gasteiger partial charge < -0.3 is 15.7 Å². The first-order valence-electron chi connectivity index (χ1n) is 12.0. The second-order valence-electron chi connectivity index (χ2n) is 9.47. The number of aryl methyl sites for hydroxylation is 2. The molecule has 0 spiro atoms. The van der Waals surface area contributed by atoms with Gasteiger partial charge in [0.05, 0.1) is 39.4 Å². The van der Waals surface area contributed by atoms with Crippen molar-refractivity contribution in [3.05, 3.63) is 100 Å². The molecule has 0 fully saturated rings. The summed E-state index contributed by atoms with van der Waals surface area (Å²) in [5.41, 5.74) is 0.0870. The molecule has 0 bridgehead atoms. The van der Waals surface area contributed by atoms with Crippen molar-refractivity contribution in [2.75, 3.05) is 10.6 Å². The Labute approximate surface area is 235 Å². The molecule has 11 nitrogen and oxygen atoms in total. The number of ketones is 2. The Morgan fingerprint density at radius 2 is 1.02 bits per heavy atom. The SMILES string of the molecule is Cc1ccc(Nc2ccc(Nc3ccc(C)cc3S(=O)(=O)O)c3c2C(=O)c2cccc(O)c2C3=O)c(S(=O)(=O)O)c1. The van der Waals surface area contributed by atoms with Gasteiger partial charge in [-0.15, -0.1) is 0 Å². The Kier molecular flexibility index (Phi) is 6.70. The van der Waals surface area contributed by atoms with Gasteiger partial charge in [-0.2, -0.15) is 16.8 Å². The monoisotopic (exact) mass is 594 g/mol. The van der Waals surface area contributed by atoms with Crippen LogP contribution in [-0.4, -0.2) is 42.6 Å². The van der Waals surface area contributed by atoms with E-state index in [0.29, 0.717) is 11.1 Å². The number of phenols is 1. The molecule has 0 aliphatic heterocycles. The zero-order valence-electron chi connectivity index (χ0n) is 21.5. The van der Waals surface area contributed by atoms with Crippen LogP contribution in [0, 0.1) is 13.8 Å². The summed E-state index contributed by atoms with van der Waals surface area (Å²) in [6, 6.07) is 15.1. The van der Waals surface area contributed by atoms with E-state index in [1.54, 1.807) is 26.0 Å². The standard InChI is InChI=1S/C28H22N2O9S2/c1-14-6-8-17(22(12-14)40(34,35)36)29-19-10-11-20(30-18-9-7-15(2)13-23(18)41(37,38)39)26-25(19)27(32)16-4-3-5-21(31)24(16)28(26)33/h3-13,29-31H,1-2H3,(H,34,35,36)(H,37,38,39).